The fraction of sp³-hybridized carbons (Fsp3) is 0.444. The van der Waals surface area contributed by atoms with Gasteiger partial charge < -0.3 is 10.3 Å². The Morgan fingerprint density at radius 2 is 2.00 bits per heavy atom. The highest BCUT2D eigenvalue weighted by Crippen LogP contribution is 2.32. The third kappa shape index (κ3) is 2.84. The third-order valence-corrected chi connectivity index (χ3v) is 4.78. The molecule has 6 nitrogen and oxygen atoms in total. The first-order chi connectivity index (χ1) is 11.7. The smallest absolute Gasteiger partial charge is 0.166 e. The Balaban J connectivity index is 1.72. The monoisotopic (exact) mass is 322 g/mol. The van der Waals surface area contributed by atoms with E-state index in [-0.39, 0.29) is 0 Å². The van der Waals surface area contributed by atoms with Crippen molar-refractivity contribution in [3.05, 3.63) is 41.7 Å². The molecule has 1 fully saturated rings. The summed E-state index contributed by atoms with van der Waals surface area (Å²) < 4.78 is 2.02. The van der Waals surface area contributed by atoms with Crippen molar-refractivity contribution in [2.45, 2.75) is 51.5 Å². The van der Waals surface area contributed by atoms with Crippen molar-refractivity contribution >= 4 is 17.0 Å². The van der Waals surface area contributed by atoms with Crippen LogP contribution in [-0.2, 0) is 6.54 Å². The summed E-state index contributed by atoms with van der Waals surface area (Å²) in [5.74, 6) is 1.78. The zero-order chi connectivity index (χ0) is 16.5. The predicted molar refractivity (Wildman–Crippen MR) is 93.6 cm³/mol. The molecule has 1 aliphatic rings. The van der Waals surface area contributed by atoms with Crippen LogP contribution in [0.4, 0.5) is 5.82 Å². The highest BCUT2D eigenvalue weighted by Gasteiger charge is 2.21. The molecule has 3 aromatic heterocycles. The van der Waals surface area contributed by atoms with Crippen LogP contribution < -0.4 is 5.73 Å². The van der Waals surface area contributed by atoms with Gasteiger partial charge in [-0.3, -0.25) is 4.98 Å². The molecule has 0 saturated heterocycles. The minimum Gasteiger partial charge on any atom is -0.382 e. The predicted octanol–water partition coefficient (Wildman–Crippen LogP) is 3.21. The van der Waals surface area contributed by atoms with Gasteiger partial charge in [-0.15, -0.1) is 0 Å². The third-order valence-electron chi connectivity index (χ3n) is 4.78. The van der Waals surface area contributed by atoms with Crippen molar-refractivity contribution in [1.82, 2.24) is 24.5 Å². The van der Waals surface area contributed by atoms with Crippen LogP contribution in [0.15, 0.2) is 24.7 Å². The molecule has 6 heteroatoms. The number of hydrogen-bond acceptors (Lipinski definition) is 5. The van der Waals surface area contributed by atoms with E-state index in [9.17, 15) is 0 Å². The summed E-state index contributed by atoms with van der Waals surface area (Å²) in [7, 11) is 0. The van der Waals surface area contributed by atoms with Crippen molar-refractivity contribution in [2.75, 3.05) is 5.73 Å². The summed E-state index contributed by atoms with van der Waals surface area (Å²) >= 11 is 0. The molecule has 24 heavy (non-hydrogen) atoms. The fourth-order valence-corrected chi connectivity index (χ4v) is 3.50. The van der Waals surface area contributed by atoms with Crippen LogP contribution in [0.25, 0.3) is 11.2 Å². The van der Waals surface area contributed by atoms with Crippen LogP contribution in [0.1, 0.15) is 55.1 Å². The van der Waals surface area contributed by atoms with Gasteiger partial charge >= 0.3 is 0 Å². The van der Waals surface area contributed by atoms with E-state index in [0.717, 1.165) is 30.0 Å². The Kier molecular flexibility index (Phi) is 3.88. The molecule has 0 bridgehead atoms. The zero-order valence-electron chi connectivity index (χ0n) is 13.9. The molecule has 0 unspecified atom stereocenters. The topological polar surface area (TPSA) is 82.5 Å². The van der Waals surface area contributed by atoms with Crippen molar-refractivity contribution in [3.8, 4) is 0 Å². The molecule has 1 aliphatic carbocycles. The van der Waals surface area contributed by atoms with E-state index in [1.165, 1.54) is 24.8 Å². The number of nitrogens with zero attached hydrogens (tertiary/aromatic N) is 5. The van der Waals surface area contributed by atoms with Crippen molar-refractivity contribution < 1.29 is 0 Å². The van der Waals surface area contributed by atoms with Gasteiger partial charge in [-0.05, 0) is 37.5 Å². The van der Waals surface area contributed by atoms with Gasteiger partial charge in [0.05, 0.1) is 18.6 Å². The fourth-order valence-electron chi connectivity index (χ4n) is 3.50. The number of pyridine rings is 1. The molecule has 0 spiro atoms. The highest BCUT2D eigenvalue weighted by atomic mass is 15.1. The normalized spacial score (nSPS) is 15.9. The molecular formula is C18H22N6. The number of imidazole rings is 1. The van der Waals surface area contributed by atoms with Gasteiger partial charge in [0.2, 0.25) is 0 Å². The van der Waals surface area contributed by atoms with Gasteiger partial charge in [0, 0.05) is 12.1 Å². The number of hydrogen-bond donors (Lipinski definition) is 1. The number of aromatic nitrogens is 5. The first kappa shape index (κ1) is 15.1. The van der Waals surface area contributed by atoms with Crippen molar-refractivity contribution in [2.24, 2.45) is 0 Å². The molecule has 0 amide bonds. The van der Waals surface area contributed by atoms with E-state index in [1.54, 1.807) is 6.33 Å². The minimum atomic E-state index is 0.422. The summed E-state index contributed by atoms with van der Waals surface area (Å²) in [4.78, 5) is 18.2. The standard InChI is InChI=1S/C18H22N6/c1-12-7-8-20-14(9-12)10-24-11-21-15-16(19)22-17(23-18(15)24)13-5-3-2-4-6-13/h7-9,11,13H,2-6,10H2,1H3,(H2,19,22,23). The highest BCUT2D eigenvalue weighted by molar-refractivity contribution is 5.81. The second-order valence-corrected chi connectivity index (χ2v) is 6.67. The van der Waals surface area contributed by atoms with Gasteiger partial charge in [-0.25, -0.2) is 15.0 Å². The maximum absolute atomic E-state index is 6.15. The molecule has 124 valence electrons. The number of rotatable bonds is 3. The van der Waals surface area contributed by atoms with E-state index in [2.05, 4.69) is 27.9 Å². The van der Waals surface area contributed by atoms with Crippen LogP contribution in [0.2, 0.25) is 0 Å². The number of aryl methyl sites for hydroxylation is 1. The zero-order valence-corrected chi connectivity index (χ0v) is 13.9. The maximum atomic E-state index is 6.15. The van der Waals surface area contributed by atoms with Crippen LogP contribution in [0.3, 0.4) is 0 Å². The summed E-state index contributed by atoms with van der Waals surface area (Å²) in [6.07, 6.45) is 9.73. The quantitative estimate of drug-likeness (QED) is 0.800. The maximum Gasteiger partial charge on any atom is 0.166 e. The lowest BCUT2D eigenvalue weighted by atomic mass is 9.89. The Labute approximate surface area is 141 Å². The van der Waals surface area contributed by atoms with Crippen LogP contribution >= 0.6 is 0 Å². The molecule has 0 aliphatic heterocycles. The van der Waals surface area contributed by atoms with E-state index in [0.29, 0.717) is 23.8 Å². The first-order valence-corrected chi connectivity index (χ1v) is 8.60. The van der Waals surface area contributed by atoms with E-state index in [4.69, 9.17) is 10.7 Å². The second kappa shape index (κ2) is 6.19. The molecule has 4 rings (SSSR count). The molecule has 0 atom stereocenters. The molecule has 1 saturated carbocycles. The lowest BCUT2D eigenvalue weighted by Crippen LogP contribution is -2.11. The lowest BCUT2D eigenvalue weighted by Gasteiger charge is -2.20. The van der Waals surface area contributed by atoms with Crippen LogP contribution in [0, 0.1) is 6.92 Å². The number of fused-ring (bicyclic) bond motifs is 1. The Bertz CT molecular complexity index is 863. The van der Waals surface area contributed by atoms with Gasteiger partial charge in [0.25, 0.3) is 0 Å². The number of nitrogen functional groups attached to an aromatic ring is 1. The van der Waals surface area contributed by atoms with Gasteiger partial charge in [0.1, 0.15) is 11.3 Å². The van der Waals surface area contributed by atoms with Crippen molar-refractivity contribution in [3.63, 3.8) is 0 Å². The minimum absolute atomic E-state index is 0.422. The van der Waals surface area contributed by atoms with Gasteiger partial charge in [-0.1, -0.05) is 19.3 Å². The molecule has 3 aromatic rings. The molecule has 2 N–H and O–H groups in total. The number of nitrogens with two attached hydrogens (primary N) is 1. The first-order valence-electron chi connectivity index (χ1n) is 8.60. The molecule has 0 radical (unpaired) electrons. The number of anilines is 1. The Hall–Kier alpha value is -2.50. The summed E-state index contributed by atoms with van der Waals surface area (Å²) in [5, 5.41) is 0. The Morgan fingerprint density at radius 1 is 1.17 bits per heavy atom. The van der Waals surface area contributed by atoms with E-state index >= 15 is 0 Å². The molecule has 3 heterocycles. The van der Waals surface area contributed by atoms with E-state index < -0.39 is 0 Å². The van der Waals surface area contributed by atoms with Gasteiger partial charge in [0.15, 0.2) is 11.5 Å². The average molecular weight is 322 g/mol. The van der Waals surface area contributed by atoms with E-state index in [1.807, 2.05) is 16.8 Å². The molecule has 0 aromatic carbocycles. The summed E-state index contributed by atoms with van der Waals surface area (Å²) in [5.41, 5.74) is 9.83. The Morgan fingerprint density at radius 3 is 2.79 bits per heavy atom. The summed E-state index contributed by atoms with van der Waals surface area (Å²) in [6.45, 7) is 2.71. The molecular weight excluding hydrogens is 300 g/mol. The largest absolute Gasteiger partial charge is 0.382 e. The average Bonchev–Trinajstić information content (AvgIpc) is 2.99. The SMILES string of the molecule is Cc1ccnc(Cn2cnc3c(N)nc(C4CCCCC4)nc32)c1. The lowest BCUT2D eigenvalue weighted by molar-refractivity contribution is 0.429. The second-order valence-electron chi connectivity index (χ2n) is 6.67. The van der Waals surface area contributed by atoms with Gasteiger partial charge in [-0.2, -0.15) is 0 Å². The van der Waals surface area contributed by atoms with Crippen LogP contribution in [-0.4, -0.2) is 24.5 Å². The van der Waals surface area contributed by atoms with Crippen LogP contribution in [0.5, 0.6) is 0 Å². The summed E-state index contributed by atoms with van der Waals surface area (Å²) in [6, 6.07) is 4.08. The van der Waals surface area contributed by atoms with Crippen molar-refractivity contribution in [1.29, 1.82) is 0 Å².